The quantitative estimate of drug-likeness (QED) is 0.474. The molecule has 0 aromatic rings. The van der Waals surface area contributed by atoms with E-state index in [2.05, 4.69) is 14.8 Å². The minimum atomic E-state index is -0.00183. The fourth-order valence-corrected chi connectivity index (χ4v) is 1.38. The van der Waals surface area contributed by atoms with E-state index in [1.807, 2.05) is 0 Å². The van der Waals surface area contributed by atoms with Crippen molar-refractivity contribution in [2.75, 3.05) is 0 Å². The Balaban J connectivity index is 2.35. The maximum atomic E-state index is 9.14. The van der Waals surface area contributed by atoms with Gasteiger partial charge in [0.1, 0.15) is 7.85 Å². The summed E-state index contributed by atoms with van der Waals surface area (Å²) in [4.78, 5) is 0. The summed E-state index contributed by atoms with van der Waals surface area (Å²) in [7, 11) is 2.28. The van der Waals surface area contributed by atoms with Gasteiger partial charge >= 0.3 is 0 Å². The van der Waals surface area contributed by atoms with Crippen LogP contribution in [0.25, 0.3) is 0 Å². The Bertz CT molecular complexity index is 91.1. The molecule has 0 saturated heterocycles. The predicted molar refractivity (Wildman–Crippen MR) is 41.4 cm³/mol. The Morgan fingerprint density at radius 1 is 1.44 bits per heavy atom. The molecule has 0 unspecified atom stereocenters. The molecule has 0 aliphatic heterocycles. The van der Waals surface area contributed by atoms with Crippen LogP contribution in [-0.2, 0) is 0 Å². The zero-order valence-corrected chi connectivity index (χ0v) is 6.35. The molecule has 0 aromatic heterocycles. The van der Waals surface area contributed by atoms with Crippen molar-refractivity contribution >= 4 is 7.85 Å². The van der Waals surface area contributed by atoms with E-state index in [1.54, 1.807) is 0 Å². The highest BCUT2D eigenvalue weighted by Crippen LogP contribution is 2.38. The van der Waals surface area contributed by atoms with Crippen LogP contribution in [0.15, 0.2) is 0 Å². The van der Waals surface area contributed by atoms with Crippen molar-refractivity contribution in [2.45, 2.75) is 44.0 Å². The van der Waals surface area contributed by atoms with E-state index in [0.717, 1.165) is 12.8 Å². The minimum absolute atomic E-state index is 0.00183. The van der Waals surface area contributed by atoms with Crippen LogP contribution in [-0.4, -0.2) is 19.1 Å². The fraction of sp³-hybridized carbons (Fsp3) is 1.00. The van der Waals surface area contributed by atoms with Gasteiger partial charge in [-0.15, -0.1) is 0 Å². The maximum absolute atomic E-state index is 9.14. The van der Waals surface area contributed by atoms with Crippen LogP contribution in [0, 0.1) is 0 Å². The molecule has 1 nitrogen and oxygen atoms in total. The molecular weight excluding hydrogens is 111 g/mol. The predicted octanol–water partition coefficient (Wildman–Crippen LogP) is 0.733. The Hall–Kier alpha value is 0.0249. The monoisotopic (exact) mass is 126 g/mol. The van der Waals surface area contributed by atoms with Gasteiger partial charge in [-0.2, -0.15) is 0 Å². The lowest BCUT2D eigenvalue weighted by atomic mass is 9.61. The molecule has 1 aliphatic rings. The van der Waals surface area contributed by atoms with E-state index in [1.165, 1.54) is 12.8 Å². The average molecular weight is 126 g/mol. The van der Waals surface area contributed by atoms with Gasteiger partial charge in [-0.1, -0.05) is 25.1 Å². The van der Waals surface area contributed by atoms with Crippen molar-refractivity contribution in [2.24, 2.45) is 0 Å². The summed E-state index contributed by atoms with van der Waals surface area (Å²) in [6.45, 7) is 2.28. The summed E-state index contributed by atoms with van der Waals surface area (Å²) < 4.78 is 0. The molecule has 0 heterocycles. The summed E-state index contributed by atoms with van der Waals surface area (Å²) in [5.74, 6) is 0. The standard InChI is InChI=1S/C7H15BO/c1-7(8)4-2-6(9)3-5-7/h6,9H,2-5,8H2,1H3. The summed E-state index contributed by atoms with van der Waals surface area (Å²) in [5.41, 5.74) is 0. The van der Waals surface area contributed by atoms with Crippen LogP contribution in [0.5, 0.6) is 0 Å². The van der Waals surface area contributed by atoms with E-state index in [4.69, 9.17) is 5.11 Å². The highest BCUT2D eigenvalue weighted by atomic mass is 16.3. The molecule has 1 N–H and O–H groups in total. The summed E-state index contributed by atoms with van der Waals surface area (Å²) in [6, 6.07) is 0. The number of rotatable bonds is 0. The first-order valence-corrected chi connectivity index (χ1v) is 3.78. The molecule has 2 heteroatoms. The van der Waals surface area contributed by atoms with Crippen LogP contribution in [0.3, 0.4) is 0 Å². The van der Waals surface area contributed by atoms with Gasteiger partial charge in [-0.05, 0) is 12.8 Å². The Morgan fingerprint density at radius 2 is 1.89 bits per heavy atom. The van der Waals surface area contributed by atoms with Crippen LogP contribution in [0.1, 0.15) is 32.6 Å². The molecule has 1 rings (SSSR count). The van der Waals surface area contributed by atoms with Gasteiger partial charge in [0.05, 0.1) is 6.10 Å². The van der Waals surface area contributed by atoms with Gasteiger partial charge < -0.3 is 5.11 Å². The van der Waals surface area contributed by atoms with Gasteiger partial charge in [0, 0.05) is 0 Å². The number of hydrogen-bond donors (Lipinski definition) is 1. The van der Waals surface area contributed by atoms with Gasteiger partial charge in [0.15, 0.2) is 0 Å². The van der Waals surface area contributed by atoms with E-state index < -0.39 is 0 Å². The zero-order chi connectivity index (χ0) is 6.91. The third kappa shape index (κ3) is 2.01. The molecule has 1 aliphatic carbocycles. The normalized spacial score (nSPS) is 44.9. The number of hydrogen-bond acceptors (Lipinski definition) is 1. The molecule has 52 valence electrons. The third-order valence-electron chi connectivity index (χ3n) is 2.31. The molecule has 0 amide bonds. The molecule has 1 fully saturated rings. The fourth-order valence-electron chi connectivity index (χ4n) is 1.38. The second-order valence-electron chi connectivity index (χ2n) is 3.90. The highest BCUT2D eigenvalue weighted by Gasteiger charge is 2.24. The van der Waals surface area contributed by atoms with E-state index in [0.29, 0.717) is 5.31 Å². The maximum Gasteiger partial charge on any atom is 0.109 e. The van der Waals surface area contributed by atoms with Crippen LogP contribution in [0.4, 0.5) is 0 Å². The van der Waals surface area contributed by atoms with E-state index in [9.17, 15) is 0 Å². The Morgan fingerprint density at radius 3 is 2.22 bits per heavy atom. The lowest BCUT2D eigenvalue weighted by Crippen LogP contribution is -2.21. The van der Waals surface area contributed by atoms with Gasteiger partial charge in [0.2, 0.25) is 0 Å². The minimum Gasteiger partial charge on any atom is -0.393 e. The Kier molecular flexibility index (Phi) is 1.85. The summed E-state index contributed by atoms with van der Waals surface area (Å²) in [6.07, 6.45) is 4.39. The van der Waals surface area contributed by atoms with E-state index in [-0.39, 0.29) is 6.10 Å². The van der Waals surface area contributed by atoms with Crippen molar-refractivity contribution in [3.8, 4) is 0 Å². The molecule has 0 bridgehead atoms. The summed E-state index contributed by atoms with van der Waals surface area (Å²) in [5, 5.41) is 9.64. The second kappa shape index (κ2) is 2.33. The third-order valence-corrected chi connectivity index (χ3v) is 2.31. The van der Waals surface area contributed by atoms with Gasteiger partial charge in [-0.25, -0.2) is 0 Å². The molecule has 9 heavy (non-hydrogen) atoms. The van der Waals surface area contributed by atoms with Crippen LogP contribution in [0.2, 0.25) is 5.31 Å². The summed E-state index contributed by atoms with van der Waals surface area (Å²) >= 11 is 0. The molecule has 0 spiro atoms. The second-order valence-corrected chi connectivity index (χ2v) is 3.90. The highest BCUT2D eigenvalue weighted by molar-refractivity contribution is 6.14. The smallest absolute Gasteiger partial charge is 0.109 e. The van der Waals surface area contributed by atoms with Gasteiger partial charge in [0.25, 0.3) is 0 Å². The van der Waals surface area contributed by atoms with Crippen LogP contribution < -0.4 is 0 Å². The number of aliphatic hydroxyl groups excluding tert-OH is 1. The average Bonchev–Trinajstić information content (AvgIpc) is 1.78. The molecule has 0 radical (unpaired) electrons. The van der Waals surface area contributed by atoms with Crippen molar-refractivity contribution in [1.29, 1.82) is 0 Å². The lowest BCUT2D eigenvalue weighted by molar-refractivity contribution is 0.116. The van der Waals surface area contributed by atoms with E-state index >= 15 is 0 Å². The topological polar surface area (TPSA) is 20.2 Å². The SMILES string of the molecule is BC1(C)CCC(O)CC1. The molecule has 1 saturated carbocycles. The Labute approximate surface area is 57.9 Å². The lowest BCUT2D eigenvalue weighted by Gasteiger charge is -2.31. The first-order chi connectivity index (χ1) is 4.10. The number of aliphatic hydroxyl groups is 1. The van der Waals surface area contributed by atoms with Crippen molar-refractivity contribution in [3.05, 3.63) is 0 Å². The first-order valence-electron chi connectivity index (χ1n) is 3.78. The first kappa shape index (κ1) is 7.14. The van der Waals surface area contributed by atoms with Crippen LogP contribution >= 0.6 is 0 Å². The molecule has 0 atom stereocenters. The van der Waals surface area contributed by atoms with Crippen molar-refractivity contribution in [3.63, 3.8) is 0 Å². The zero-order valence-electron chi connectivity index (χ0n) is 6.35. The van der Waals surface area contributed by atoms with Gasteiger partial charge in [-0.3, -0.25) is 0 Å². The molecular formula is C7H15BO. The largest absolute Gasteiger partial charge is 0.393 e. The van der Waals surface area contributed by atoms with Crippen molar-refractivity contribution < 1.29 is 5.11 Å². The van der Waals surface area contributed by atoms with Crippen molar-refractivity contribution in [1.82, 2.24) is 0 Å². The molecule has 0 aromatic carbocycles.